The van der Waals surface area contributed by atoms with Crippen LogP contribution in [0.15, 0.2) is 48.5 Å². The Morgan fingerprint density at radius 3 is 2.38 bits per heavy atom. The van der Waals surface area contributed by atoms with E-state index in [1.807, 2.05) is 11.8 Å². The van der Waals surface area contributed by atoms with Crippen LogP contribution in [0.25, 0.3) is 11.1 Å². The molecule has 2 aliphatic rings. The van der Waals surface area contributed by atoms with Crippen LogP contribution in [0.2, 0.25) is 0 Å². The summed E-state index contributed by atoms with van der Waals surface area (Å²) in [7, 11) is 0. The van der Waals surface area contributed by atoms with Crippen LogP contribution in [0.5, 0.6) is 0 Å². The fourth-order valence-corrected chi connectivity index (χ4v) is 3.79. The van der Waals surface area contributed by atoms with Crippen molar-refractivity contribution in [1.82, 2.24) is 10.2 Å². The van der Waals surface area contributed by atoms with Gasteiger partial charge in [0.1, 0.15) is 6.61 Å². The maximum absolute atomic E-state index is 12.5. The third-order valence-electron chi connectivity index (χ3n) is 5.07. The average molecular weight is 322 g/mol. The van der Waals surface area contributed by atoms with Crippen molar-refractivity contribution in [3.05, 3.63) is 59.7 Å². The van der Waals surface area contributed by atoms with Crippen molar-refractivity contribution < 1.29 is 9.53 Å². The van der Waals surface area contributed by atoms with Gasteiger partial charge in [0.05, 0.1) is 0 Å². The van der Waals surface area contributed by atoms with E-state index in [2.05, 4.69) is 53.8 Å². The van der Waals surface area contributed by atoms with E-state index in [4.69, 9.17) is 4.74 Å². The normalized spacial score (nSPS) is 19.7. The van der Waals surface area contributed by atoms with Crippen LogP contribution < -0.4 is 5.32 Å². The molecular formula is C20H22N2O2. The minimum absolute atomic E-state index is 0.125. The predicted octanol–water partition coefficient (Wildman–Crippen LogP) is 3.23. The summed E-state index contributed by atoms with van der Waals surface area (Å²) in [4.78, 5) is 14.3. The van der Waals surface area contributed by atoms with Gasteiger partial charge < -0.3 is 15.0 Å². The molecule has 1 aliphatic carbocycles. The molecule has 1 fully saturated rings. The maximum Gasteiger partial charge on any atom is 0.410 e. The van der Waals surface area contributed by atoms with Crippen LogP contribution in [0, 0.1) is 0 Å². The zero-order valence-corrected chi connectivity index (χ0v) is 13.9. The largest absolute Gasteiger partial charge is 0.448 e. The zero-order chi connectivity index (χ0) is 16.5. The molecular weight excluding hydrogens is 300 g/mol. The highest BCUT2D eigenvalue weighted by atomic mass is 16.6. The Labute approximate surface area is 142 Å². The molecule has 24 heavy (non-hydrogen) atoms. The number of rotatable bonds is 2. The number of carbonyl (C=O) groups is 1. The lowest BCUT2D eigenvalue weighted by molar-refractivity contribution is 0.0792. The highest BCUT2D eigenvalue weighted by Crippen LogP contribution is 2.44. The first kappa shape index (κ1) is 15.2. The van der Waals surface area contributed by atoms with Crippen molar-refractivity contribution in [2.45, 2.75) is 18.9 Å². The molecule has 0 radical (unpaired) electrons. The lowest BCUT2D eigenvalue weighted by Gasteiger charge is -2.33. The fraction of sp³-hybridized carbons (Fsp3) is 0.350. The third kappa shape index (κ3) is 2.57. The van der Waals surface area contributed by atoms with E-state index < -0.39 is 0 Å². The first-order valence-electron chi connectivity index (χ1n) is 8.58. The van der Waals surface area contributed by atoms with Gasteiger partial charge in [0.2, 0.25) is 0 Å². The van der Waals surface area contributed by atoms with Gasteiger partial charge in [-0.15, -0.1) is 0 Å². The van der Waals surface area contributed by atoms with Gasteiger partial charge in [0.15, 0.2) is 0 Å². The van der Waals surface area contributed by atoms with Gasteiger partial charge in [0.25, 0.3) is 0 Å². The molecule has 1 N–H and O–H groups in total. The number of carbonyl (C=O) groups excluding carboxylic acids is 1. The lowest BCUT2D eigenvalue weighted by atomic mass is 9.98. The fourth-order valence-electron chi connectivity index (χ4n) is 3.79. The van der Waals surface area contributed by atoms with Crippen molar-refractivity contribution in [3.8, 4) is 11.1 Å². The Hall–Kier alpha value is -2.33. The number of benzene rings is 2. The Kier molecular flexibility index (Phi) is 3.98. The number of hydrogen-bond acceptors (Lipinski definition) is 3. The van der Waals surface area contributed by atoms with Crippen molar-refractivity contribution >= 4 is 6.09 Å². The molecule has 0 saturated carbocycles. The SMILES string of the molecule is CC1CNCCN1C(=O)OCC1c2ccccc2-c2ccccc21. The molecule has 2 aromatic rings. The standard InChI is InChI=1S/C20H22N2O2/c1-14-12-21-10-11-22(14)20(23)24-13-19-17-8-4-2-6-15(17)16-7-3-5-9-18(16)19/h2-9,14,19,21H,10-13H2,1H3. The van der Waals surface area contributed by atoms with Gasteiger partial charge in [-0.1, -0.05) is 48.5 Å². The quantitative estimate of drug-likeness (QED) is 0.923. The first-order chi connectivity index (χ1) is 11.8. The van der Waals surface area contributed by atoms with Crippen molar-refractivity contribution in [2.75, 3.05) is 26.2 Å². The molecule has 0 bridgehead atoms. The third-order valence-corrected chi connectivity index (χ3v) is 5.07. The Balaban J connectivity index is 1.53. The summed E-state index contributed by atoms with van der Waals surface area (Å²) in [5.41, 5.74) is 5.01. The summed E-state index contributed by atoms with van der Waals surface area (Å²) < 4.78 is 5.71. The second-order valence-corrected chi connectivity index (χ2v) is 6.55. The second kappa shape index (κ2) is 6.29. The molecule has 4 rings (SSSR count). The highest BCUT2D eigenvalue weighted by Gasteiger charge is 2.30. The predicted molar refractivity (Wildman–Crippen MR) is 94.1 cm³/mol. The minimum Gasteiger partial charge on any atom is -0.448 e. The molecule has 1 saturated heterocycles. The summed E-state index contributed by atoms with van der Waals surface area (Å²) in [6, 6.07) is 17.0. The van der Waals surface area contributed by atoms with Gasteiger partial charge in [-0.3, -0.25) is 0 Å². The minimum atomic E-state index is -0.203. The molecule has 4 nitrogen and oxygen atoms in total. The van der Waals surface area contributed by atoms with E-state index in [0.29, 0.717) is 13.2 Å². The second-order valence-electron chi connectivity index (χ2n) is 6.55. The molecule has 1 aliphatic heterocycles. The van der Waals surface area contributed by atoms with Crippen LogP contribution in [0.4, 0.5) is 4.79 Å². The van der Waals surface area contributed by atoms with E-state index in [-0.39, 0.29) is 18.1 Å². The van der Waals surface area contributed by atoms with Gasteiger partial charge in [0, 0.05) is 31.6 Å². The number of ether oxygens (including phenoxy) is 1. The van der Waals surface area contributed by atoms with Gasteiger partial charge in [-0.25, -0.2) is 4.79 Å². The molecule has 0 spiro atoms. The number of amides is 1. The molecule has 124 valence electrons. The number of nitrogens with zero attached hydrogens (tertiary/aromatic N) is 1. The number of fused-ring (bicyclic) bond motifs is 3. The molecule has 1 unspecified atom stereocenters. The topological polar surface area (TPSA) is 41.6 Å². The Bertz CT molecular complexity index is 713. The zero-order valence-electron chi connectivity index (χ0n) is 13.9. The summed E-state index contributed by atoms with van der Waals surface area (Å²) in [6.07, 6.45) is -0.203. The summed E-state index contributed by atoms with van der Waals surface area (Å²) in [6.45, 7) is 4.80. The molecule has 4 heteroatoms. The van der Waals surface area contributed by atoms with Crippen LogP contribution in [-0.4, -0.2) is 43.3 Å². The number of piperazine rings is 1. The maximum atomic E-state index is 12.5. The van der Waals surface area contributed by atoms with E-state index in [0.717, 1.165) is 13.1 Å². The van der Waals surface area contributed by atoms with Crippen LogP contribution in [-0.2, 0) is 4.74 Å². The summed E-state index contributed by atoms with van der Waals surface area (Å²) in [5.74, 6) is 0.125. The number of nitrogens with one attached hydrogen (secondary N) is 1. The smallest absolute Gasteiger partial charge is 0.410 e. The van der Waals surface area contributed by atoms with E-state index >= 15 is 0 Å². The first-order valence-corrected chi connectivity index (χ1v) is 8.58. The van der Waals surface area contributed by atoms with E-state index in [1.165, 1.54) is 22.3 Å². The molecule has 1 atom stereocenters. The summed E-state index contributed by atoms with van der Waals surface area (Å²) >= 11 is 0. The van der Waals surface area contributed by atoms with Crippen molar-refractivity contribution in [1.29, 1.82) is 0 Å². The van der Waals surface area contributed by atoms with Gasteiger partial charge >= 0.3 is 6.09 Å². The van der Waals surface area contributed by atoms with Crippen molar-refractivity contribution in [3.63, 3.8) is 0 Å². The molecule has 0 aromatic heterocycles. The van der Waals surface area contributed by atoms with E-state index in [9.17, 15) is 4.79 Å². The Morgan fingerprint density at radius 2 is 1.75 bits per heavy atom. The number of hydrogen-bond donors (Lipinski definition) is 1. The monoisotopic (exact) mass is 322 g/mol. The average Bonchev–Trinajstić information content (AvgIpc) is 2.94. The Morgan fingerprint density at radius 1 is 1.12 bits per heavy atom. The highest BCUT2D eigenvalue weighted by molar-refractivity contribution is 5.79. The molecule has 1 amide bonds. The lowest BCUT2D eigenvalue weighted by Crippen LogP contribution is -2.52. The van der Waals surface area contributed by atoms with Gasteiger partial charge in [-0.05, 0) is 29.2 Å². The molecule has 1 heterocycles. The van der Waals surface area contributed by atoms with Crippen LogP contribution >= 0.6 is 0 Å². The summed E-state index contributed by atoms with van der Waals surface area (Å²) in [5, 5.41) is 3.29. The van der Waals surface area contributed by atoms with E-state index in [1.54, 1.807) is 0 Å². The van der Waals surface area contributed by atoms with Crippen molar-refractivity contribution in [2.24, 2.45) is 0 Å². The van der Waals surface area contributed by atoms with Gasteiger partial charge in [-0.2, -0.15) is 0 Å². The molecule has 2 aromatic carbocycles. The van der Waals surface area contributed by atoms with Crippen LogP contribution in [0.1, 0.15) is 24.0 Å². The van der Waals surface area contributed by atoms with Crippen LogP contribution in [0.3, 0.4) is 0 Å².